The van der Waals surface area contributed by atoms with Crippen molar-refractivity contribution in [3.8, 4) is 0 Å². The van der Waals surface area contributed by atoms with Crippen LogP contribution in [-0.2, 0) is 29.0 Å². The molecule has 0 aromatic rings. The van der Waals surface area contributed by atoms with Crippen molar-refractivity contribution in [1.82, 2.24) is 20.9 Å². The molecule has 5 unspecified atom stereocenters. The van der Waals surface area contributed by atoms with E-state index in [0.29, 0.717) is 32.2 Å². The molecule has 4 aliphatic rings. The van der Waals surface area contributed by atoms with Gasteiger partial charge in [-0.15, -0.1) is 0 Å². The van der Waals surface area contributed by atoms with E-state index in [2.05, 4.69) is 29.8 Å². The number of hydrogen-bond donors (Lipinski definition) is 3. The molecule has 0 spiro atoms. The number of nitrogens with one attached hydrogen (secondary N) is 3. The van der Waals surface area contributed by atoms with Crippen LogP contribution in [0, 0.1) is 28.6 Å². The SMILES string of the molecule is CCCCC(CC(=O)C1C2C(CN1C(=O)C(NC(=O)NC1(CS(=O)(=O)C(C)(C)C)CCCCC1)C(C)(C)C)C2(C)C)C(=O)C(=O)NC1CC1. The largest absolute Gasteiger partial charge is 0.347 e. The third kappa shape index (κ3) is 8.87. The number of sulfone groups is 1. The minimum Gasteiger partial charge on any atom is -0.347 e. The van der Waals surface area contributed by atoms with Gasteiger partial charge in [-0.2, -0.15) is 0 Å². The summed E-state index contributed by atoms with van der Waals surface area (Å²) in [6.45, 7) is 17.1. The van der Waals surface area contributed by atoms with E-state index in [1.54, 1.807) is 25.7 Å². The first kappa shape index (κ1) is 39.3. The highest BCUT2D eigenvalue weighted by atomic mass is 32.2. The van der Waals surface area contributed by atoms with Crippen molar-refractivity contribution >= 4 is 39.2 Å². The molecule has 0 radical (unpaired) electrons. The average Bonchev–Trinajstić information content (AvgIpc) is 3.83. The molecule has 3 N–H and O–H groups in total. The number of likely N-dealkylation sites (tertiary alicyclic amines) is 1. The molecule has 4 amide bonds. The Bertz CT molecular complexity index is 1400. The first-order valence-corrected chi connectivity index (χ1v) is 20.2. The van der Waals surface area contributed by atoms with Crippen molar-refractivity contribution in [2.24, 2.45) is 28.6 Å². The number of urea groups is 1. The number of carbonyl (C=O) groups is 5. The van der Waals surface area contributed by atoms with E-state index < -0.39 is 61.3 Å². The number of rotatable bonds is 14. The normalized spacial score (nSPS) is 25.8. The van der Waals surface area contributed by atoms with Gasteiger partial charge in [0.25, 0.3) is 5.91 Å². The summed E-state index contributed by atoms with van der Waals surface area (Å²) in [6.07, 6.45) is 7.16. The van der Waals surface area contributed by atoms with Crippen molar-refractivity contribution in [1.29, 1.82) is 0 Å². The molecule has 4 fully saturated rings. The number of Topliss-reactive ketones (excluding diaryl/α,β-unsaturated/α-hetero) is 2. The first-order valence-electron chi connectivity index (χ1n) is 18.5. The van der Waals surface area contributed by atoms with Crippen LogP contribution in [0.4, 0.5) is 4.79 Å². The zero-order chi connectivity index (χ0) is 36.7. The van der Waals surface area contributed by atoms with Crippen LogP contribution in [-0.4, -0.2) is 83.4 Å². The Labute approximate surface area is 294 Å². The molecule has 0 aromatic carbocycles. The van der Waals surface area contributed by atoms with Gasteiger partial charge in [0.1, 0.15) is 6.04 Å². The predicted octanol–water partition coefficient (Wildman–Crippen LogP) is 4.71. The number of unbranched alkanes of at least 4 members (excludes halogenated alkanes) is 1. The molecule has 278 valence electrons. The van der Waals surface area contributed by atoms with Crippen LogP contribution in [0.2, 0.25) is 0 Å². The number of ketones is 2. The number of nitrogens with zero attached hydrogens (tertiary/aromatic N) is 1. The lowest BCUT2D eigenvalue weighted by Crippen LogP contribution is -2.63. The summed E-state index contributed by atoms with van der Waals surface area (Å²) in [6, 6.07) is -2.32. The van der Waals surface area contributed by atoms with Gasteiger partial charge in [-0.05, 0) is 75.5 Å². The molecule has 1 heterocycles. The number of hydrogen-bond acceptors (Lipinski definition) is 7. The quantitative estimate of drug-likeness (QED) is 0.221. The first-order chi connectivity index (χ1) is 22.5. The van der Waals surface area contributed by atoms with Crippen LogP contribution >= 0.6 is 0 Å². The summed E-state index contributed by atoms with van der Waals surface area (Å²) < 4.78 is 25.6. The molecular formula is C37H62N4O7S. The lowest BCUT2D eigenvalue weighted by Gasteiger charge is -2.41. The van der Waals surface area contributed by atoms with Gasteiger partial charge in [0.2, 0.25) is 11.7 Å². The molecule has 0 bridgehead atoms. The Morgan fingerprint density at radius 2 is 1.55 bits per heavy atom. The van der Waals surface area contributed by atoms with E-state index in [1.807, 2.05) is 27.7 Å². The monoisotopic (exact) mass is 706 g/mol. The highest BCUT2D eigenvalue weighted by molar-refractivity contribution is 7.92. The Hall–Kier alpha value is -2.50. The molecule has 5 atom stereocenters. The molecule has 0 aromatic heterocycles. The zero-order valence-corrected chi connectivity index (χ0v) is 32.2. The summed E-state index contributed by atoms with van der Waals surface area (Å²) in [5.41, 5.74) is -1.83. The average molecular weight is 707 g/mol. The molecule has 3 saturated carbocycles. The Kier molecular flexibility index (Phi) is 11.4. The minimum absolute atomic E-state index is 0.0323. The van der Waals surface area contributed by atoms with Gasteiger partial charge in [0, 0.05) is 24.9 Å². The second-order valence-corrected chi connectivity index (χ2v) is 20.9. The second-order valence-electron chi connectivity index (χ2n) is 18.1. The molecule has 12 heteroatoms. The summed E-state index contributed by atoms with van der Waals surface area (Å²) >= 11 is 0. The van der Waals surface area contributed by atoms with Crippen LogP contribution in [0.3, 0.4) is 0 Å². The van der Waals surface area contributed by atoms with Crippen LogP contribution in [0.5, 0.6) is 0 Å². The summed E-state index contributed by atoms with van der Waals surface area (Å²) in [5, 5.41) is 8.70. The molecule has 4 rings (SSSR count). The molecule has 3 aliphatic carbocycles. The van der Waals surface area contributed by atoms with Gasteiger partial charge < -0.3 is 20.9 Å². The van der Waals surface area contributed by atoms with Gasteiger partial charge >= 0.3 is 6.03 Å². The van der Waals surface area contributed by atoms with Crippen molar-refractivity contribution in [3.05, 3.63) is 0 Å². The van der Waals surface area contributed by atoms with Gasteiger partial charge in [-0.3, -0.25) is 19.2 Å². The third-order valence-corrected chi connectivity index (χ3v) is 14.5. The fraction of sp³-hybridized carbons (Fsp3) is 0.865. The maximum atomic E-state index is 14.5. The molecular weight excluding hydrogens is 644 g/mol. The number of carbonyl (C=O) groups excluding carboxylic acids is 5. The van der Waals surface area contributed by atoms with Crippen molar-refractivity contribution in [2.75, 3.05) is 12.3 Å². The van der Waals surface area contributed by atoms with E-state index in [0.717, 1.165) is 38.5 Å². The standard InChI is InChI=1S/C37H62N4O7S/c1-10-11-15-23(29(43)31(44)38-24-16-17-24)20-26(42)28-27-25(36(27,8)9)21-41(28)32(45)30(34(2,3)4)39-33(46)40-37(18-13-12-14-19-37)22-49(47,48)35(5,6)7/h23-25,27-28,30H,10-22H2,1-9H3,(H,38,44)(H2,39,40,46). The third-order valence-electron chi connectivity index (χ3n) is 11.7. The van der Waals surface area contributed by atoms with E-state index in [-0.39, 0.29) is 47.2 Å². The number of fused-ring (bicyclic) bond motifs is 1. The number of piperidine rings is 1. The summed E-state index contributed by atoms with van der Waals surface area (Å²) in [7, 11) is -3.55. The Morgan fingerprint density at radius 1 is 0.939 bits per heavy atom. The fourth-order valence-corrected chi connectivity index (χ4v) is 9.55. The fourth-order valence-electron chi connectivity index (χ4n) is 8.03. The summed E-state index contributed by atoms with van der Waals surface area (Å²) in [4.78, 5) is 70.0. The van der Waals surface area contributed by atoms with Gasteiger partial charge in [0.05, 0.1) is 22.1 Å². The topological polar surface area (TPSA) is 159 Å². The van der Waals surface area contributed by atoms with E-state index in [9.17, 15) is 32.4 Å². The lowest BCUT2D eigenvalue weighted by molar-refractivity contribution is -0.145. The Balaban J connectivity index is 1.54. The predicted molar refractivity (Wildman–Crippen MR) is 189 cm³/mol. The van der Waals surface area contributed by atoms with Crippen molar-refractivity contribution < 1.29 is 32.4 Å². The lowest BCUT2D eigenvalue weighted by atomic mass is 9.83. The van der Waals surface area contributed by atoms with Crippen molar-refractivity contribution in [3.63, 3.8) is 0 Å². The van der Waals surface area contributed by atoms with Crippen LogP contribution in [0.1, 0.15) is 133 Å². The van der Waals surface area contributed by atoms with E-state index >= 15 is 0 Å². The molecule has 1 saturated heterocycles. The van der Waals surface area contributed by atoms with E-state index in [4.69, 9.17) is 0 Å². The van der Waals surface area contributed by atoms with E-state index in [1.165, 1.54) is 0 Å². The maximum absolute atomic E-state index is 14.5. The highest BCUT2D eigenvalue weighted by Crippen LogP contribution is 2.65. The zero-order valence-electron chi connectivity index (χ0n) is 31.4. The van der Waals surface area contributed by atoms with Crippen molar-refractivity contribution in [2.45, 2.75) is 161 Å². The molecule has 49 heavy (non-hydrogen) atoms. The second kappa shape index (κ2) is 14.3. The maximum Gasteiger partial charge on any atom is 0.315 e. The summed E-state index contributed by atoms with van der Waals surface area (Å²) in [5.74, 6) is -2.67. The Morgan fingerprint density at radius 3 is 2.08 bits per heavy atom. The molecule has 1 aliphatic heterocycles. The van der Waals surface area contributed by atoms with Gasteiger partial charge in [-0.25, -0.2) is 13.2 Å². The van der Waals surface area contributed by atoms with Crippen LogP contribution in [0.15, 0.2) is 0 Å². The smallest absolute Gasteiger partial charge is 0.315 e. The van der Waals surface area contributed by atoms with Crippen LogP contribution < -0.4 is 16.0 Å². The highest BCUT2D eigenvalue weighted by Gasteiger charge is 2.69. The minimum atomic E-state index is -3.55. The van der Waals surface area contributed by atoms with Gasteiger partial charge in [0.15, 0.2) is 15.6 Å². The van der Waals surface area contributed by atoms with Crippen LogP contribution in [0.25, 0.3) is 0 Å². The van der Waals surface area contributed by atoms with Gasteiger partial charge in [-0.1, -0.05) is 73.6 Å². The molecule has 11 nitrogen and oxygen atoms in total. The number of amides is 4.